The average molecular weight is 279 g/mol. The molecule has 0 atom stereocenters. The number of aromatic nitrogens is 1. The molecule has 1 heterocycles. The molecule has 18 heavy (non-hydrogen) atoms. The molecule has 0 saturated heterocycles. The van der Waals surface area contributed by atoms with Gasteiger partial charge in [-0.1, -0.05) is 19.1 Å². The van der Waals surface area contributed by atoms with Crippen LogP contribution in [0.3, 0.4) is 0 Å². The molecule has 4 heteroatoms. The molecule has 0 saturated carbocycles. The summed E-state index contributed by atoms with van der Waals surface area (Å²) >= 11 is 5.96. The van der Waals surface area contributed by atoms with Gasteiger partial charge in [-0.25, -0.2) is 4.98 Å². The van der Waals surface area contributed by atoms with Gasteiger partial charge >= 0.3 is 0 Å². The minimum atomic E-state index is 0.534. The summed E-state index contributed by atoms with van der Waals surface area (Å²) in [6, 6.07) is 8.21. The molecule has 0 radical (unpaired) electrons. The lowest BCUT2D eigenvalue weighted by Gasteiger charge is -2.05. The van der Waals surface area contributed by atoms with Crippen molar-refractivity contribution in [1.29, 1.82) is 0 Å². The predicted octanol–water partition coefficient (Wildman–Crippen LogP) is 4.02. The molecular weight excluding hydrogens is 262 g/mol. The van der Waals surface area contributed by atoms with Crippen LogP contribution in [0.25, 0.3) is 0 Å². The molecule has 0 unspecified atom stereocenters. The molecule has 0 spiro atoms. The van der Waals surface area contributed by atoms with Crippen LogP contribution in [0.2, 0.25) is 0 Å². The van der Waals surface area contributed by atoms with Gasteiger partial charge in [0.05, 0.1) is 5.69 Å². The van der Waals surface area contributed by atoms with Gasteiger partial charge in [-0.3, -0.25) is 0 Å². The first kappa shape index (κ1) is 13.4. The molecule has 2 rings (SSSR count). The summed E-state index contributed by atoms with van der Waals surface area (Å²) in [5.41, 5.74) is 2.36. The molecule has 0 N–H and O–H groups in total. The number of rotatable bonds is 5. The maximum atomic E-state index is 5.77. The monoisotopic (exact) mass is 279 g/mol. The van der Waals surface area contributed by atoms with Crippen molar-refractivity contribution in [3.05, 3.63) is 45.4 Å². The Labute approximate surface area is 117 Å². The van der Waals surface area contributed by atoms with Crippen molar-refractivity contribution in [2.75, 3.05) is 0 Å². The minimum absolute atomic E-state index is 0.534. The molecule has 96 valence electrons. The minimum Gasteiger partial charge on any atom is -0.486 e. The summed E-state index contributed by atoms with van der Waals surface area (Å²) in [6.07, 6.45) is 1.03. The SMILES string of the molecule is CCc1cccc(OCc2nc(C)c(CS)s2)c1. The van der Waals surface area contributed by atoms with Gasteiger partial charge < -0.3 is 4.74 Å². The number of hydrogen-bond acceptors (Lipinski definition) is 4. The summed E-state index contributed by atoms with van der Waals surface area (Å²) in [7, 11) is 0. The first-order chi connectivity index (χ1) is 8.72. The van der Waals surface area contributed by atoms with Crippen LogP contribution in [0.1, 0.15) is 28.1 Å². The summed E-state index contributed by atoms with van der Waals surface area (Å²) < 4.78 is 5.77. The van der Waals surface area contributed by atoms with E-state index in [4.69, 9.17) is 4.74 Å². The highest BCUT2D eigenvalue weighted by atomic mass is 32.1. The lowest BCUT2D eigenvalue weighted by atomic mass is 10.2. The van der Waals surface area contributed by atoms with Crippen molar-refractivity contribution < 1.29 is 4.74 Å². The fraction of sp³-hybridized carbons (Fsp3) is 0.357. The Balaban J connectivity index is 2.01. The molecule has 2 aromatic rings. The van der Waals surface area contributed by atoms with Crippen molar-refractivity contribution in [2.24, 2.45) is 0 Å². The second-order valence-corrected chi connectivity index (χ2v) is 5.55. The number of thiazole rings is 1. The number of nitrogens with zero attached hydrogens (tertiary/aromatic N) is 1. The number of thiol groups is 1. The van der Waals surface area contributed by atoms with Crippen LogP contribution < -0.4 is 4.74 Å². The lowest BCUT2D eigenvalue weighted by molar-refractivity contribution is 0.305. The number of aryl methyl sites for hydroxylation is 2. The van der Waals surface area contributed by atoms with E-state index >= 15 is 0 Å². The quantitative estimate of drug-likeness (QED) is 0.835. The zero-order chi connectivity index (χ0) is 13.0. The average Bonchev–Trinajstić information content (AvgIpc) is 2.77. The first-order valence-corrected chi connectivity index (χ1v) is 7.45. The fourth-order valence-electron chi connectivity index (χ4n) is 1.70. The molecule has 0 amide bonds. The Hall–Kier alpha value is -1.000. The summed E-state index contributed by atoms with van der Waals surface area (Å²) in [4.78, 5) is 5.71. The van der Waals surface area contributed by atoms with E-state index in [0.717, 1.165) is 28.6 Å². The van der Waals surface area contributed by atoms with E-state index in [2.05, 4.69) is 36.7 Å². The summed E-state index contributed by atoms with van der Waals surface area (Å²) in [5, 5.41) is 1.01. The second kappa shape index (κ2) is 6.25. The molecule has 0 fully saturated rings. The van der Waals surface area contributed by atoms with Gasteiger partial charge in [0.1, 0.15) is 17.4 Å². The van der Waals surface area contributed by atoms with Gasteiger partial charge in [-0.2, -0.15) is 12.6 Å². The van der Waals surface area contributed by atoms with Crippen LogP contribution in [-0.2, 0) is 18.8 Å². The van der Waals surface area contributed by atoms with E-state index in [9.17, 15) is 0 Å². The van der Waals surface area contributed by atoms with E-state index in [1.54, 1.807) is 11.3 Å². The number of ether oxygens (including phenoxy) is 1. The first-order valence-electron chi connectivity index (χ1n) is 6.00. The molecule has 2 nitrogen and oxygen atoms in total. The van der Waals surface area contributed by atoms with Crippen molar-refractivity contribution in [3.63, 3.8) is 0 Å². The van der Waals surface area contributed by atoms with Crippen LogP contribution in [0.5, 0.6) is 5.75 Å². The largest absolute Gasteiger partial charge is 0.486 e. The Morgan fingerprint density at radius 2 is 2.22 bits per heavy atom. The van der Waals surface area contributed by atoms with Gasteiger partial charge in [0, 0.05) is 10.6 Å². The maximum Gasteiger partial charge on any atom is 0.140 e. The van der Waals surface area contributed by atoms with Crippen LogP contribution in [0.15, 0.2) is 24.3 Å². The third kappa shape index (κ3) is 3.27. The van der Waals surface area contributed by atoms with E-state index in [1.165, 1.54) is 10.4 Å². The van der Waals surface area contributed by atoms with E-state index in [0.29, 0.717) is 6.61 Å². The van der Waals surface area contributed by atoms with Crippen LogP contribution in [0, 0.1) is 6.92 Å². The topological polar surface area (TPSA) is 22.1 Å². The fourth-order valence-corrected chi connectivity index (χ4v) is 2.96. The van der Waals surface area contributed by atoms with Gasteiger partial charge in [0.2, 0.25) is 0 Å². The summed E-state index contributed by atoms with van der Waals surface area (Å²) in [5.74, 6) is 1.66. The standard InChI is InChI=1S/C14H17NOS2/c1-3-11-5-4-6-12(7-11)16-8-14-15-10(2)13(9-17)18-14/h4-7,17H,3,8-9H2,1-2H3. The van der Waals surface area contributed by atoms with E-state index in [-0.39, 0.29) is 0 Å². The zero-order valence-corrected chi connectivity index (χ0v) is 12.4. The van der Waals surface area contributed by atoms with Crippen molar-refractivity contribution >= 4 is 24.0 Å². The Morgan fingerprint density at radius 1 is 1.39 bits per heavy atom. The van der Waals surface area contributed by atoms with E-state index < -0.39 is 0 Å². The third-order valence-electron chi connectivity index (χ3n) is 2.75. The Morgan fingerprint density at radius 3 is 2.89 bits per heavy atom. The molecule has 0 aliphatic heterocycles. The second-order valence-electron chi connectivity index (χ2n) is 4.06. The van der Waals surface area contributed by atoms with Gasteiger partial charge in [0.25, 0.3) is 0 Å². The van der Waals surface area contributed by atoms with Crippen LogP contribution >= 0.6 is 24.0 Å². The van der Waals surface area contributed by atoms with Crippen LogP contribution in [-0.4, -0.2) is 4.98 Å². The molecule has 1 aromatic carbocycles. The number of benzene rings is 1. The molecule has 1 aromatic heterocycles. The highest BCUT2D eigenvalue weighted by Crippen LogP contribution is 2.22. The normalized spacial score (nSPS) is 10.6. The maximum absolute atomic E-state index is 5.77. The summed E-state index contributed by atoms with van der Waals surface area (Å²) in [6.45, 7) is 4.69. The Kier molecular flexibility index (Phi) is 4.66. The molecular formula is C14H17NOS2. The van der Waals surface area contributed by atoms with Crippen molar-refractivity contribution in [1.82, 2.24) is 4.98 Å². The van der Waals surface area contributed by atoms with Gasteiger partial charge in [-0.05, 0) is 31.0 Å². The third-order valence-corrected chi connectivity index (χ3v) is 4.41. The number of hydrogen-bond donors (Lipinski definition) is 1. The van der Waals surface area contributed by atoms with E-state index in [1.807, 2.05) is 19.1 Å². The van der Waals surface area contributed by atoms with Crippen molar-refractivity contribution in [3.8, 4) is 5.75 Å². The highest BCUT2D eigenvalue weighted by Gasteiger charge is 2.06. The molecule has 0 aliphatic rings. The van der Waals surface area contributed by atoms with Crippen LogP contribution in [0.4, 0.5) is 0 Å². The smallest absolute Gasteiger partial charge is 0.140 e. The highest BCUT2D eigenvalue weighted by molar-refractivity contribution is 7.79. The molecule has 0 bridgehead atoms. The lowest BCUT2D eigenvalue weighted by Crippen LogP contribution is -1.95. The van der Waals surface area contributed by atoms with Gasteiger partial charge in [-0.15, -0.1) is 11.3 Å². The van der Waals surface area contributed by atoms with Crippen molar-refractivity contribution in [2.45, 2.75) is 32.6 Å². The zero-order valence-electron chi connectivity index (χ0n) is 10.6. The Bertz CT molecular complexity index is 522. The molecule has 0 aliphatic carbocycles. The van der Waals surface area contributed by atoms with Gasteiger partial charge in [0.15, 0.2) is 0 Å². The predicted molar refractivity (Wildman–Crippen MR) is 79.7 cm³/mol.